The van der Waals surface area contributed by atoms with E-state index in [9.17, 15) is 4.39 Å². The van der Waals surface area contributed by atoms with Crippen LogP contribution in [0.2, 0.25) is 0 Å². The Hall–Kier alpha value is -1.31. The normalized spacial score (nSPS) is 10.7. The molecule has 0 spiro atoms. The highest BCUT2D eigenvalue weighted by molar-refractivity contribution is 5.44. The molecular formula is C12H16FN. The Morgan fingerprint density at radius 1 is 1.29 bits per heavy atom. The molecule has 76 valence electrons. The number of allylic oxidation sites excluding steroid dienone is 1. The highest BCUT2D eigenvalue weighted by atomic mass is 19.1. The summed E-state index contributed by atoms with van der Waals surface area (Å²) in [4.78, 5) is 0. The molecule has 0 unspecified atom stereocenters. The van der Waals surface area contributed by atoms with Crippen molar-refractivity contribution in [1.82, 2.24) is 0 Å². The summed E-state index contributed by atoms with van der Waals surface area (Å²) < 4.78 is 13.1. The minimum Gasteiger partial charge on any atom is -0.379 e. The fourth-order valence-electron chi connectivity index (χ4n) is 1.14. The van der Waals surface area contributed by atoms with Gasteiger partial charge in [0.15, 0.2) is 0 Å². The molecule has 0 aliphatic carbocycles. The van der Waals surface area contributed by atoms with Gasteiger partial charge < -0.3 is 5.32 Å². The number of unbranched alkanes of at least 4 members (excludes halogenated alkanes) is 1. The van der Waals surface area contributed by atoms with Crippen LogP contribution in [0.4, 0.5) is 10.1 Å². The van der Waals surface area contributed by atoms with Crippen LogP contribution in [0.3, 0.4) is 0 Å². The van der Waals surface area contributed by atoms with Crippen molar-refractivity contribution >= 4 is 5.69 Å². The first kappa shape index (κ1) is 10.8. The number of benzene rings is 1. The lowest BCUT2D eigenvalue weighted by molar-refractivity contribution is 0.631. The van der Waals surface area contributed by atoms with Crippen molar-refractivity contribution in [2.24, 2.45) is 0 Å². The van der Waals surface area contributed by atoms with E-state index in [4.69, 9.17) is 0 Å². The summed E-state index contributed by atoms with van der Waals surface area (Å²) in [7, 11) is 0. The summed E-state index contributed by atoms with van der Waals surface area (Å²) in [5.41, 5.74) is 0.564. The molecule has 1 aromatic rings. The van der Waals surface area contributed by atoms with E-state index in [-0.39, 0.29) is 5.82 Å². The molecule has 1 N–H and O–H groups in total. The van der Waals surface area contributed by atoms with Crippen LogP contribution in [0.15, 0.2) is 36.4 Å². The van der Waals surface area contributed by atoms with E-state index in [1.54, 1.807) is 12.1 Å². The van der Waals surface area contributed by atoms with Gasteiger partial charge in [-0.05, 0) is 18.6 Å². The van der Waals surface area contributed by atoms with E-state index in [0.29, 0.717) is 12.2 Å². The predicted molar refractivity (Wildman–Crippen MR) is 58.9 cm³/mol. The third kappa shape index (κ3) is 3.60. The summed E-state index contributed by atoms with van der Waals surface area (Å²) in [6, 6.07) is 6.70. The van der Waals surface area contributed by atoms with Gasteiger partial charge in [0.05, 0.1) is 5.69 Å². The van der Waals surface area contributed by atoms with E-state index < -0.39 is 0 Å². The first-order valence-electron chi connectivity index (χ1n) is 4.98. The summed E-state index contributed by atoms with van der Waals surface area (Å²) in [5.74, 6) is -0.198. The molecule has 1 nitrogen and oxygen atoms in total. The number of anilines is 1. The first-order chi connectivity index (χ1) is 6.84. The van der Waals surface area contributed by atoms with Gasteiger partial charge in [-0.3, -0.25) is 0 Å². The van der Waals surface area contributed by atoms with Crippen molar-refractivity contribution in [1.29, 1.82) is 0 Å². The molecule has 0 atom stereocenters. The highest BCUT2D eigenvalue weighted by Gasteiger charge is 1.96. The number of para-hydroxylation sites is 1. The summed E-state index contributed by atoms with van der Waals surface area (Å²) in [6.07, 6.45) is 6.36. The molecular weight excluding hydrogens is 177 g/mol. The van der Waals surface area contributed by atoms with Gasteiger partial charge in [-0.15, -0.1) is 0 Å². The SMILES string of the molecule is CCCC=CCNc1ccccc1F. The highest BCUT2D eigenvalue weighted by Crippen LogP contribution is 2.11. The lowest BCUT2D eigenvalue weighted by Gasteiger charge is -2.03. The van der Waals surface area contributed by atoms with E-state index in [2.05, 4.69) is 18.3 Å². The number of halogens is 1. The molecule has 0 bridgehead atoms. The van der Waals surface area contributed by atoms with Crippen molar-refractivity contribution < 1.29 is 4.39 Å². The minimum absolute atomic E-state index is 0.198. The third-order valence-electron chi connectivity index (χ3n) is 1.91. The average Bonchev–Trinajstić information content (AvgIpc) is 2.20. The number of rotatable bonds is 5. The molecule has 1 aromatic carbocycles. The second-order valence-electron chi connectivity index (χ2n) is 3.12. The summed E-state index contributed by atoms with van der Waals surface area (Å²) >= 11 is 0. The fraction of sp³-hybridized carbons (Fsp3) is 0.333. The minimum atomic E-state index is -0.198. The van der Waals surface area contributed by atoms with Crippen molar-refractivity contribution in [2.75, 3.05) is 11.9 Å². The van der Waals surface area contributed by atoms with Crippen molar-refractivity contribution in [3.05, 3.63) is 42.2 Å². The van der Waals surface area contributed by atoms with Crippen LogP contribution in [-0.2, 0) is 0 Å². The van der Waals surface area contributed by atoms with Crippen LogP contribution in [0.5, 0.6) is 0 Å². The molecule has 0 aliphatic heterocycles. The molecule has 14 heavy (non-hydrogen) atoms. The maximum absolute atomic E-state index is 13.1. The Bertz CT molecular complexity index is 294. The fourth-order valence-corrected chi connectivity index (χ4v) is 1.14. The van der Waals surface area contributed by atoms with Crippen LogP contribution in [-0.4, -0.2) is 6.54 Å². The zero-order chi connectivity index (χ0) is 10.2. The topological polar surface area (TPSA) is 12.0 Å². The Balaban J connectivity index is 2.35. The van der Waals surface area contributed by atoms with E-state index in [1.165, 1.54) is 6.07 Å². The maximum atomic E-state index is 13.1. The van der Waals surface area contributed by atoms with Gasteiger partial charge in [0, 0.05) is 6.54 Å². The van der Waals surface area contributed by atoms with Crippen LogP contribution in [0.25, 0.3) is 0 Å². The molecule has 0 amide bonds. The number of hydrogen-bond acceptors (Lipinski definition) is 1. The molecule has 0 heterocycles. The second-order valence-corrected chi connectivity index (χ2v) is 3.12. The standard InChI is InChI=1S/C12H16FN/c1-2-3-4-7-10-14-12-9-6-5-8-11(12)13/h4-9,14H,2-3,10H2,1H3. The van der Waals surface area contributed by atoms with E-state index in [1.807, 2.05) is 12.1 Å². The Kier molecular flexibility index (Phi) is 4.76. The molecule has 0 aromatic heterocycles. The largest absolute Gasteiger partial charge is 0.379 e. The zero-order valence-corrected chi connectivity index (χ0v) is 8.46. The van der Waals surface area contributed by atoms with Gasteiger partial charge in [-0.25, -0.2) is 4.39 Å². The molecule has 0 fully saturated rings. The van der Waals surface area contributed by atoms with Gasteiger partial charge in [-0.2, -0.15) is 0 Å². The lowest BCUT2D eigenvalue weighted by Crippen LogP contribution is -1.99. The first-order valence-corrected chi connectivity index (χ1v) is 4.98. The zero-order valence-electron chi connectivity index (χ0n) is 8.46. The van der Waals surface area contributed by atoms with E-state index >= 15 is 0 Å². The van der Waals surface area contributed by atoms with Gasteiger partial charge in [0.2, 0.25) is 0 Å². The van der Waals surface area contributed by atoms with Crippen LogP contribution in [0.1, 0.15) is 19.8 Å². The number of nitrogens with one attached hydrogen (secondary N) is 1. The van der Waals surface area contributed by atoms with Crippen LogP contribution in [0, 0.1) is 5.82 Å². The molecule has 2 heteroatoms. The maximum Gasteiger partial charge on any atom is 0.146 e. The van der Waals surface area contributed by atoms with Gasteiger partial charge in [0.1, 0.15) is 5.82 Å². The average molecular weight is 193 g/mol. The molecule has 0 radical (unpaired) electrons. The molecule has 0 aliphatic rings. The van der Waals surface area contributed by atoms with Crippen molar-refractivity contribution in [3.63, 3.8) is 0 Å². The molecule has 0 saturated heterocycles. The Morgan fingerprint density at radius 2 is 2.07 bits per heavy atom. The van der Waals surface area contributed by atoms with Crippen molar-refractivity contribution in [3.8, 4) is 0 Å². The predicted octanol–water partition coefficient (Wildman–Crippen LogP) is 3.59. The molecule has 0 saturated carbocycles. The quantitative estimate of drug-likeness (QED) is 0.704. The lowest BCUT2D eigenvalue weighted by atomic mass is 10.3. The third-order valence-corrected chi connectivity index (χ3v) is 1.91. The smallest absolute Gasteiger partial charge is 0.146 e. The van der Waals surface area contributed by atoms with Crippen LogP contribution < -0.4 is 5.32 Å². The van der Waals surface area contributed by atoms with Crippen molar-refractivity contribution in [2.45, 2.75) is 19.8 Å². The Morgan fingerprint density at radius 3 is 2.79 bits per heavy atom. The Labute approximate surface area is 84.6 Å². The van der Waals surface area contributed by atoms with Gasteiger partial charge >= 0.3 is 0 Å². The molecule has 1 rings (SSSR count). The summed E-state index contributed by atoms with van der Waals surface area (Å²) in [6.45, 7) is 2.82. The van der Waals surface area contributed by atoms with Crippen LogP contribution >= 0.6 is 0 Å². The summed E-state index contributed by atoms with van der Waals surface area (Å²) in [5, 5.41) is 3.01. The second kappa shape index (κ2) is 6.19. The van der Waals surface area contributed by atoms with E-state index in [0.717, 1.165) is 12.8 Å². The van der Waals surface area contributed by atoms with Gasteiger partial charge in [0.25, 0.3) is 0 Å². The monoisotopic (exact) mass is 193 g/mol. The van der Waals surface area contributed by atoms with Gasteiger partial charge in [-0.1, -0.05) is 37.6 Å². The number of hydrogen-bond donors (Lipinski definition) is 1.